The van der Waals surface area contributed by atoms with E-state index in [0.29, 0.717) is 47.4 Å². The molecule has 0 radical (unpaired) electrons. The van der Waals surface area contributed by atoms with Gasteiger partial charge in [-0.2, -0.15) is 0 Å². The molecule has 3 saturated heterocycles. The van der Waals surface area contributed by atoms with Gasteiger partial charge in [-0.1, -0.05) is 181 Å². The molecule has 6 heteroatoms. The summed E-state index contributed by atoms with van der Waals surface area (Å²) in [5.41, 5.74) is 11.7. The number of hydrogen-bond donors (Lipinski definition) is 0. The van der Waals surface area contributed by atoms with Gasteiger partial charge >= 0.3 is 0 Å². The molecular weight excluding hydrogens is 923 g/mol. The average Bonchev–Trinajstić information content (AvgIpc) is 3.91. The minimum absolute atomic E-state index is 0.121. The second-order valence-corrected chi connectivity index (χ2v) is 24.8. The van der Waals surface area contributed by atoms with Crippen molar-refractivity contribution in [1.29, 1.82) is 0 Å². The van der Waals surface area contributed by atoms with Crippen LogP contribution in [0.2, 0.25) is 0 Å². The van der Waals surface area contributed by atoms with Crippen LogP contribution in [0.3, 0.4) is 0 Å². The van der Waals surface area contributed by atoms with E-state index in [1.807, 2.05) is 35.2 Å². The normalized spacial score (nSPS) is 18.6. The molecule has 5 fully saturated rings. The zero-order valence-electron chi connectivity index (χ0n) is 48.4. The topological polar surface area (TPSA) is 65.1 Å². The first-order chi connectivity index (χ1) is 35.8. The van der Waals surface area contributed by atoms with Crippen molar-refractivity contribution in [3.63, 3.8) is 0 Å². The molecule has 6 nitrogen and oxygen atoms in total. The third-order valence-electron chi connectivity index (χ3n) is 15.7. The summed E-state index contributed by atoms with van der Waals surface area (Å²) in [4.78, 5) is 25.9. The fraction of sp³-hybridized carbons (Fsp3) is 0.536. The smallest absolute Gasteiger partial charge is 0.253 e. The Hall–Kier alpha value is -5.04. The van der Waals surface area contributed by atoms with Crippen molar-refractivity contribution in [2.45, 2.75) is 194 Å². The maximum Gasteiger partial charge on any atom is 0.253 e. The van der Waals surface area contributed by atoms with Crippen LogP contribution in [0.5, 0.6) is 5.75 Å². The molecule has 1 amide bonds. The van der Waals surface area contributed by atoms with Crippen LogP contribution in [0.4, 0.5) is 0 Å². The maximum atomic E-state index is 12.1. The lowest BCUT2D eigenvalue weighted by Crippen LogP contribution is -2.42. The fourth-order valence-corrected chi connectivity index (χ4v) is 9.64. The molecule has 5 aliphatic rings. The summed E-state index contributed by atoms with van der Waals surface area (Å²) >= 11 is 0. The van der Waals surface area contributed by atoms with E-state index in [1.54, 1.807) is 0 Å². The average molecular weight is 1020 g/mol. The molecule has 3 aliphatic heterocycles. The van der Waals surface area contributed by atoms with Gasteiger partial charge in [0, 0.05) is 55.2 Å². The van der Waals surface area contributed by atoms with Gasteiger partial charge in [0.15, 0.2) is 5.78 Å². The van der Waals surface area contributed by atoms with Crippen molar-refractivity contribution < 1.29 is 23.8 Å². The van der Waals surface area contributed by atoms with Crippen molar-refractivity contribution in [1.82, 2.24) is 4.90 Å². The van der Waals surface area contributed by atoms with Crippen LogP contribution in [0.25, 0.3) is 0 Å². The Labute approximate surface area is 454 Å². The molecule has 3 heterocycles. The summed E-state index contributed by atoms with van der Waals surface area (Å²) < 4.78 is 16.8. The van der Waals surface area contributed by atoms with E-state index in [-0.39, 0.29) is 16.7 Å². The number of nitrogens with zero attached hydrogens (tertiary/aromatic N) is 1. The molecule has 10 rings (SSSR count). The number of carbonyl (C=O) groups excluding carboxylic acids is 2. The molecule has 75 heavy (non-hydrogen) atoms. The Bertz CT molecular complexity index is 2520. The van der Waals surface area contributed by atoms with E-state index in [1.165, 1.54) is 83.9 Å². The number of ketones is 1. The molecule has 2 atom stereocenters. The monoisotopic (exact) mass is 1020 g/mol. The highest BCUT2D eigenvalue weighted by Crippen LogP contribution is 2.33. The van der Waals surface area contributed by atoms with Gasteiger partial charge in [-0.3, -0.25) is 9.59 Å². The largest absolute Gasteiger partial charge is 0.490 e. The molecule has 0 N–H and O–H groups in total. The lowest BCUT2D eigenvalue weighted by atomic mass is 9.78. The van der Waals surface area contributed by atoms with Crippen LogP contribution in [0.1, 0.15) is 237 Å². The van der Waals surface area contributed by atoms with E-state index >= 15 is 0 Å². The van der Waals surface area contributed by atoms with E-state index in [4.69, 9.17) is 14.2 Å². The molecular formula is C69H95NO5. The first kappa shape index (κ1) is 59.2. The second-order valence-electron chi connectivity index (χ2n) is 24.8. The number of hydrogen-bond acceptors (Lipinski definition) is 5. The van der Waals surface area contributed by atoms with Gasteiger partial charge < -0.3 is 19.1 Å². The first-order valence-electron chi connectivity index (χ1n) is 28.9. The second kappa shape index (κ2) is 28.4. The number of likely N-dealkylation sites (tertiary alicyclic amines) is 1. The van der Waals surface area contributed by atoms with Crippen LogP contribution in [-0.4, -0.2) is 62.2 Å². The van der Waals surface area contributed by atoms with Gasteiger partial charge in [-0.25, -0.2) is 0 Å². The van der Waals surface area contributed by atoms with Gasteiger partial charge in [-0.05, 0) is 156 Å². The molecule has 2 unspecified atom stereocenters. The molecule has 2 saturated carbocycles. The van der Waals surface area contributed by atoms with Crippen LogP contribution < -0.4 is 4.74 Å². The fourth-order valence-electron chi connectivity index (χ4n) is 9.64. The molecule has 5 aromatic rings. The number of benzene rings is 5. The predicted molar refractivity (Wildman–Crippen MR) is 313 cm³/mol. The lowest BCUT2D eigenvalue weighted by Gasteiger charge is -2.31. The Morgan fingerprint density at radius 2 is 1.01 bits per heavy atom. The molecule has 0 bridgehead atoms. The highest BCUT2D eigenvalue weighted by atomic mass is 16.5. The summed E-state index contributed by atoms with van der Waals surface area (Å²) in [5, 5.41) is 0. The van der Waals surface area contributed by atoms with E-state index < -0.39 is 0 Å². The number of carbonyl (C=O) groups is 2. The molecule has 5 aromatic carbocycles. The van der Waals surface area contributed by atoms with E-state index in [2.05, 4.69) is 174 Å². The van der Waals surface area contributed by atoms with E-state index in [0.717, 1.165) is 75.7 Å². The number of ether oxygens (including phenoxy) is 3. The first-order valence-corrected chi connectivity index (χ1v) is 28.9. The standard InChI is InChI=1S/C15H22O.C15H20O.C13H17NO.2C13H18O/c1-15(2,3)14-8-4-6-12(10-14)13-7-5-9-16-11-13;1-15(2,3)13-9-5-8-12(10-13)14(16)11-6-4-7-11;1-10(2)11-5-3-6-12(9-11)13(15)14-7-4-8-14;1-10(2)11-5-3-8-13(9-11)14-12-6-4-7-12;1-10(2)11-4-3-5-12(8-11)13-6-7-14-9-13/h4,6,8,10,13H,5,7,9,11H2,1-3H3;5,8-11H,4,6-7H2,1-3H3;3,5-6,9-10H,4,7-8H2,1-2H3;3,5,8-10,12H,4,6-7H2,1-2H3;3-5,8,10,13H,6-7,9H2,1-2H3. The van der Waals surface area contributed by atoms with Crippen molar-refractivity contribution >= 4 is 11.7 Å². The summed E-state index contributed by atoms with van der Waals surface area (Å²) in [5.74, 6) is 4.80. The zero-order valence-corrected chi connectivity index (χ0v) is 48.4. The zero-order chi connectivity index (χ0) is 54.1. The Morgan fingerprint density at radius 1 is 0.507 bits per heavy atom. The minimum atomic E-state index is 0.121. The van der Waals surface area contributed by atoms with Crippen LogP contribution >= 0.6 is 0 Å². The molecule has 406 valence electrons. The SMILES string of the molecule is CC(C)(C)c1cccc(C(=O)C2CCC2)c1.CC(C)(C)c1cccc(C2CCCOC2)c1.CC(C)c1cccc(C(=O)N2CCC2)c1.CC(C)c1cccc(C2CCOC2)c1.CC(C)c1cccc(OC2CCC2)c1. The highest BCUT2D eigenvalue weighted by molar-refractivity contribution is 5.98. The minimum Gasteiger partial charge on any atom is -0.490 e. The lowest BCUT2D eigenvalue weighted by molar-refractivity contribution is 0.0651. The molecule has 2 aliphatic carbocycles. The van der Waals surface area contributed by atoms with Crippen LogP contribution in [0.15, 0.2) is 121 Å². The van der Waals surface area contributed by atoms with Crippen molar-refractivity contribution in [3.05, 3.63) is 171 Å². The van der Waals surface area contributed by atoms with Gasteiger partial charge in [-0.15, -0.1) is 0 Å². The van der Waals surface area contributed by atoms with Gasteiger partial charge in [0.2, 0.25) is 0 Å². The number of rotatable bonds is 10. The maximum absolute atomic E-state index is 12.1. The number of amides is 1. The summed E-state index contributed by atoms with van der Waals surface area (Å²) in [6, 6.07) is 42.6. The third-order valence-corrected chi connectivity index (χ3v) is 15.7. The predicted octanol–water partition coefficient (Wildman–Crippen LogP) is 17.6. The molecule has 0 aromatic heterocycles. The van der Waals surface area contributed by atoms with Gasteiger partial charge in [0.25, 0.3) is 5.91 Å². The Balaban J connectivity index is 0.000000153. The summed E-state index contributed by atoms with van der Waals surface area (Å²) in [6.45, 7) is 32.0. The van der Waals surface area contributed by atoms with Crippen LogP contribution in [0, 0.1) is 5.92 Å². The number of Topliss-reactive ketones (excluding diaryl/α,β-unsaturated/α-hetero) is 1. The van der Waals surface area contributed by atoms with Gasteiger partial charge in [0.1, 0.15) is 5.75 Å². The van der Waals surface area contributed by atoms with Crippen molar-refractivity contribution in [2.75, 3.05) is 39.5 Å². The quantitative estimate of drug-likeness (QED) is 0.130. The Morgan fingerprint density at radius 3 is 1.53 bits per heavy atom. The van der Waals surface area contributed by atoms with Crippen molar-refractivity contribution in [3.8, 4) is 5.75 Å². The summed E-state index contributed by atoms with van der Waals surface area (Å²) in [6.07, 6.45) is 12.5. The van der Waals surface area contributed by atoms with Gasteiger partial charge in [0.05, 0.1) is 19.3 Å². The highest BCUT2D eigenvalue weighted by Gasteiger charge is 2.27. The van der Waals surface area contributed by atoms with Crippen LogP contribution in [-0.2, 0) is 20.3 Å². The summed E-state index contributed by atoms with van der Waals surface area (Å²) in [7, 11) is 0. The third kappa shape index (κ3) is 18.3. The van der Waals surface area contributed by atoms with Crippen molar-refractivity contribution in [2.24, 2.45) is 5.92 Å². The van der Waals surface area contributed by atoms with E-state index in [9.17, 15) is 9.59 Å². The Kier molecular flexibility index (Phi) is 22.4. The molecule has 0 spiro atoms.